The molecule has 2 N–H and O–H groups in total. The molecule has 110 valence electrons. The first kappa shape index (κ1) is 15.7. The zero-order valence-corrected chi connectivity index (χ0v) is 11.9. The first-order valence-electron chi connectivity index (χ1n) is 6.13. The summed E-state index contributed by atoms with van der Waals surface area (Å²) >= 11 is 0. The third-order valence-electron chi connectivity index (χ3n) is 3.73. The molecule has 1 heterocycles. The van der Waals surface area contributed by atoms with Crippen molar-refractivity contribution in [1.82, 2.24) is 10.2 Å². The lowest BCUT2D eigenvalue weighted by Gasteiger charge is -2.33. The van der Waals surface area contributed by atoms with Gasteiger partial charge in [-0.05, 0) is 13.8 Å². The summed E-state index contributed by atoms with van der Waals surface area (Å²) in [4.78, 5) is 24.2. The van der Waals surface area contributed by atoms with Crippen molar-refractivity contribution in [2.24, 2.45) is 0 Å². The van der Waals surface area contributed by atoms with Crippen molar-refractivity contribution in [3.63, 3.8) is 0 Å². The van der Waals surface area contributed by atoms with E-state index in [4.69, 9.17) is 14.6 Å². The molecule has 7 nitrogen and oxygen atoms in total. The molecule has 1 rings (SSSR count). The number of rotatable bonds is 5. The Hall–Kier alpha value is -1.34. The van der Waals surface area contributed by atoms with Gasteiger partial charge in [0, 0.05) is 27.2 Å². The van der Waals surface area contributed by atoms with Crippen molar-refractivity contribution < 1.29 is 24.2 Å². The number of carbonyl (C=O) groups excluding carboxylic acids is 1. The average Bonchev–Trinajstić information content (AvgIpc) is 2.84. The number of carbonyl (C=O) groups is 2. The van der Waals surface area contributed by atoms with Gasteiger partial charge in [-0.25, -0.2) is 9.59 Å². The van der Waals surface area contributed by atoms with Crippen molar-refractivity contribution in [3.8, 4) is 0 Å². The number of nitrogens with zero attached hydrogens (tertiary/aromatic N) is 1. The Kier molecular flexibility index (Phi) is 4.75. The second-order valence-corrected chi connectivity index (χ2v) is 5.27. The molecular formula is C12H22N2O5. The number of likely N-dealkylation sites (N-methyl/N-ethyl adjacent to an activating group) is 1. The molecule has 1 aliphatic rings. The molecule has 0 bridgehead atoms. The molecule has 2 amide bonds. The molecule has 1 aliphatic heterocycles. The molecule has 0 radical (unpaired) electrons. The van der Waals surface area contributed by atoms with Gasteiger partial charge in [0.25, 0.3) is 0 Å². The second kappa shape index (κ2) is 5.75. The maximum Gasteiger partial charge on any atom is 0.329 e. The van der Waals surface area contributed by atoms with Gasteiger partial charge in [-0.3, -0.25) is 0 Å². The molecule has 0 aromatic carbocycles. The predicted octanol–water partition coefficient (Wildman–Crippen LogP) is 0.297. The van der Waals surface area contributed by atoms with Gasteiger partial charge < -0.3 is 24.8 Å². The highest BCUT2D eigenvalue weighted by Gasteiger charge is 2.38. The Morgan fingerprint density at radius 1 is 1.53 bits per heavy atom. The van der Waals surface area contributed by atoms with Crippen LogP contribution in [0.2, 0.25) is 0 Å². The Labute approximate surface area is 112 Å². The van der Waals surface area contributed by atoms with Gasteiger partial charge in [-0.15, -0.1) is 0 Å². The quantitative estimate of drug-likeness (QED) is 0.752. The summed E-state index contributed by atoms with van der Waals surface area (Å²) in [7, 11) is 3.03. The number of methoxy groups -OCH3 is 1. The van der Waals surface area contributed by atoms with Gasteiger partial charge in [-0.2, -0.15) is 0 Å². The normalized spacial score (nSPS) is 23.2. The van der Waals surface area contributed by atoms with Crippen LogP contribution in [0.1, 0.15) is 20.3 Å². The fraction of sp³-hybridized carbons (Fsp3) is 0.833. The lowest BCUT2D eigenvalue weighted by atomic mass is 10.0. The van der Waals surface area contributed by atoms with Crippen molar-refractivity contribution in [2.45, 2.75) is 31.4 Å². The second-order valence-electron chi connectivity index (χ2n) is 5.27. The first-order chi connectivity index (χ1) is 8.75. The maximum atomic E-state index is 12.0. The summed E-state index contributed by atoms with van der Waals surface area (Å²) in [6.45, 7) is 4.26. The summed E-state index contributed by atoms with van der Waals surface area (Å²) < 4.78 is 10.7. The van der Waals surface area contributed by atoms with Crippen LogP contribution in [0.4, 0.5) is 4.79 Å². The zero-order valence-electron chi connectivity index (χ0n) is 11.9. The largest absolute Gasteiger partial charge is 0.480 e. The number of hydrogen-bond donors (Lipinski definition) is 2. The van der Waals surface area contributed by atoms with Crippen LogP contribution in [0.3, 0.4) is 0 Å². The van der Waals surface area contributed by atoms with E-state index in [0.29, 0.717) is 26.2 Å². The number of amides is 2. The zero-order chi connectivity index (χ0) is 14.7. The van der Waals surface area contributed by atoms with Gasteiger partial charge >= 0.3 is 12.0 Å². The van der Waals surface area contributed by atoms with E-state index < -0.39 is 23.1 Å². The van der Waals surface area contributed by atoms with Gasteiger partial charge in [0.05, 0.1) is 13.2 Å². The smallest absolute Gasteiger partial charge is 0.329 e. The van der Waals surface area contributed by atoms with Gasteiger partial charge in [0.15, 0.2) is 0 Å². The van der Waals surface area contributed by atoms with E-state index >= 15 is 0 Å². The van der Waals surface area contributed by atoms with Crippen LogP contribution in [0.25, 0.3) is 0 Å². The number of hydrogen-bond acceptors (Lipinski definition) is 4. The Morgan fingerprint density at radius 3 is 2.58 bits per heavy atom. The third kappa shape index (κ3) is 3.36. The lowest BCUT2D eigenvalue weighted by molar-refractivity contribution is -0.146. The molecule has 1 atom stereocenters. The minimum atomic E-state index is -1.27. The highest BCUT2D eigenvalue weighted by Crippen LogP contribution is 2.21. The van der Waals surface area contributed by atoms with Crippen LogP contribution in [0.15, 0.2) is 0 Å². The topological polar surface area (TPSA) is 88.1 Å². The molecule has 0 saturated carbocycles. The number of aliphatic carboxylic acids is 1. The predicted molar refractivity (Wildman–Crippen MR) is 68.1 cm³/mol. The van der Waals surface area contributed by atoms with Crippen LogP contribution < -0.4 is 5.32 Å². The standard InChI is InChI=1S/C12H22N2O5/c1-11(2,9(15)16)14(3)10(17)13-7-12(18-4)5-6-19-8-12/h5-8H2,1-4H3,(H,13,17)(H,15,16). The molecule has 7 heteroatoms. The van der Waals surface area contributed by atoms with Crippen molar-refractivity contribution in [1.29, 1.82) is 0 Å². The molecule has 0 aromatic rings. The first-order valence-corrected chi connectivity index (χ1v) is 6.13. The number of urea groups is 1. The number of nitrogens with one attached hydrogen (secondary N) is 1. The molecule has 1 unspecified atom stereocenters. The third-order valence-corrected chi connectivity index (χ3v) is 3.73. The van der Waals surface area contributed by atoms with Crippen LogP contribution >= 0.6 is 0 Å². The summed E-state index contributed by atoms with van der Waals surface area (Å²) in [5, 5.41) is 11.8. The minimum Gasteiger partial charge on any atom is -0.480 e. The van der Waals surface area contributed by atoms with Gasteiger partial charge in [0.1, 0.15) is 11.1 Å². The Bertz CT molecular complexity index is 350. The minimum absolute atomic E-state index is 0.294. The molecule has 0 aromatic heterocycles. The van der Waals surface area contributed by atoms with Crippen LogP contribution in [-0.2, 0) is 14.3 Å². The van der Waals surface area contributed by atoms with Crippen molar-refractivity contribution >= 4 is 12.0 Å². The lowest BCUT2D eigenvalue weighted by Crippen LogP contribution is -2.56. The van der Waals surface area contributed by atoms with E-state index in [2.05, 4.69) is 5.32 Å². The van der Waals surface area contributed by atoms with Crippen molar-refractivity contribution in [2.75, 3.05) is 33.9 Å². The highest BCUT2D eigenvalue weighted by molar-refractivity contribution is 5.85. The fourth-order valence-electron chi connectivity index (χ4n) is 1.71. The van der Waals surface area contributed by atoms with E-state index in [1.54, 1.807) is 7.11 Å². The monoisotopic (exact) mass is 274 g/mol. The van der Waals surface area contributed by atoms with E-state index in [9.17, 15) is 9.59 Å². The molecule has 0 aliphatic carbocycles. The highest BCUT2D eigenvalue weighted by atomic mass is 16.5. The van der Waals surface area contributed by atoms with Crippen LogP contribution in [0, 0.1) is 0 Å². The molecule has 1 saturated heterocycles. The number of ether oxygens (including phenoxy) is 2. The fourth-order valence-corrected chi connectivity index (χ4v) is 1.71. The average molecular weight is 274 g/mol. The Balaban J connectivity index is 2.58. The molecule has 1 fully saturated rings. The van der Waals surface area contributed by atoms with E-state index in [-0.39, 0.29) is 0 Å². The number of carboxylic acid groups (broad SMARTS) is 1. The van der Waals surface area contributed by atoms with Gasteiger partial charge in [0.2, 0.25) is 0 Å². The number of carboxylic acids is 1. The summed E-state index contributed by atoms with van der Waals surface area (Å²) in [5.41, 5.74) is -1.78. The Morgan fingerprint density at radius 2 is 2.16 bits per heavy atom. The summed E-state index contributed by atoms with van der Waals surface area (Å²) in [5.74, 6) is -1.06. The van der Waals surface area contributed by atoms with Gasteiger partial charge in [-0.1, -0.05) is 0 Å². The molecular weight excluding hydrogens is 252 g/mol. The van der Waals surface area contributed by atoms with Crippen molar-refractivity contribution in [3.05, 3.63) is 0 Å². The van der Waals surface area contributed by atoms with Crippen LogP contribution in [-0.4, -0.2) is 67.1 Å². The van der Waals surface area contributed by atoms with E-state index in [0.717, 1.165) is 4.90 Å². The summed E-state index contributed by atoms with van der Waals surface area (Å²) in [6, 6.07) is -0.448. The van der Waals surface area contributed by atoms with Crippen LogP contribution in [0.5, 0.6) is 0 Å². The van der Waals surface area contributed by atoms with E-state index in [1.165, 1.54) is 20.9 Å². The molecule has 19 heavy (non-hydrogen) atoms. The summed E-state index contributed by atoms with van der Waals surface area (Å²) in [6.07, 6.45) is 0.704. The van der Waals surface area contributed by atoms with E-state index in [1.807, 2.05) is 0 Å². The SMILES string of the molecule is COC1(CNC(=O)N(C)C(C)(C)C(=O)O)CCOC1. The molecule has 0 spiro atoms. The maximum absolute atomic E-state index is 12.0.